The molecule has 1 aromatic carbocycles. The molecule has 7 heteroatoms. The number of amides is 1. The quantitative estimate of drug-likeness (QED) is 0.762. The Labute approximate surface area is 119 Å². The standard InChI is InChI=1S/C13H19N3O3S/c1-10(17)15-11-2-4-13(5-3-11)20(18,19)16-12-6-8-14-9-7-12/h2-5,12,14,16H,6-9H2,1H3,(H,15,17). The monoisotopic (exact) mass is 297 g/mol. The van der Waals surface area contributed by atoms with Gasteiger partial charge < -0.3 is 10.6 Å². The Balaban J connectivity index is 2.06. The van der Waals surface area contributed by atoms with E-state index in [1.165, 1.54) is 19.1 Å². The predicted molar refractivity (Wildman–Crippen MR) is 77.0 cm³/mol. The highest BCUT2D eigenvalue weighted by molar-refractivity contribution is 7.89. The van der Waals surface area contributed by atoms with Crippen LogP contribution in [0.5, 0.6) is 0 Å². The van der Waals surface area contributed by atoms with Gasteiger partial charge in [0.15, 0.2) is 0 Å². The van der Waals surface area contributed by atoms with Crippen LogP contribution in [0, 0.1) is 0 Å². The van der Waals surface area contributed by atoms with Crippen LogP contribution in [-0.4, -0.2) is 33.5 Å². The SMILES string of the molecule is CC(=O)Nc1ccc(S(=O)(=O)NC2CCNCC2)cc1. The summed E-state index contributed by atoms with van der Waals surface area (Å²) in [5.74, 6) is -0.187. The van der Waals surface area contributed by atoms with Crippen molar-refractivity contribution in [1.82, 2.24) is 10.0 Å². The molecule has 0 unspecified atom stereocenters. The van der Waals surface area contributed by atoms with Crippen LogP contribution in [0.25, 0.3) is 0 Å². The average molecular weight is 297 g/mol. The number of sulfonamides is 1. The fourth-order valence-electron chi connectivity index (χ4n) is 2.15. The molecule has 2 rings (SSSR count). The molecule has 110 valence electrons. The fraction of sp³-hybridized carbons (Fsp3) is 0.462. The van der Waals surface area contributed by atoms with Gasteiger partial charge in [-0.15, -0.1) is 0 Å². The van der Waals surface area contributed by atoms with Gasteiger partial charge in [-0.2, -0.15) is 0 Å². The summed E-state index contributed by atoms with van der Waals surface area (Å²) in [5, 5.41) is 5.79. The molecule has 0 radical (unpaired) electrons. The van der Waals surface area contributed by atoms with E-state index in [4.69, 9.17) is 0 Å². The van der Waals surface area contributed by atoms with E-state index in [1.54, 1.807) is 12.1 Å². The lowest BCUT2D eigenvalue weighted by Gasteiger charge is -2.23. The van der Waals surface area contributed by atoms with E-state index in [1.807, 2.05) is 0 Å². The lowest BCUT2D eigenvalue weighted by atomic mass is 10.1. The first-order valence-corrected chi connectivity index (χ1v) is 8.06. The van der Waals surface area contributed by atoms with Crippen molar-refractivity contribution in [2.45, 2.75) is 30.7 Å². The van der Waals surface area contributed by atoms with E-state index < -0.39 is 10.0 Å². The smallest absolute Gasteiger partial charge is 0.240 e. The second kappa shape index (κ2) is 6.34. The highest BCUT2D eigenvalue weighted by Crippen LogP contribution is 2.15. The third-order valence-corrected chi connectivity index (χ3v) is 4.68. The topological polar surface area (TPSA) is 87.3 Å². The molecule has 1 fully saturated rings. The summed E-state index contributed by atoms with van der Waals surface area (Å²) in [6.45, 7) is 3.06. The minimum atomic E-state index is -3.50. The van der Waals surface area contributed by atoms with Crippen molar-refractivity contribution in [2.75, 3.05) is 18.4 Å². The number of rotatable bonds is 4. The van der Waals surface area contributed by atoms with Gasteiger partial charge in [0, 0.05) is 18.7 Å². The minimum absolute atomic E-state index is 0.0173. The second-order valence-electron chi connectivity index (χ2n) is 4.85. The molecule has 1 saturated heterocycles. The number of anilines is 1. The molecule has 0 spiro atoms. The first kappa shape index (κ1) is 15.0. The highest BCUT2D eigenvalue weighted by atomic mass is 32.2. The van der Waals surface area contributed by atoms with Gasteiger partial charge in [0.2, 0.25) is 15.9 Å². The molecule has 1 aliphatic heterocycles. The van der Waals surface area contributed by atoms with Crippen LogP contribution in [0.2, 0.25) is 0 Å². The van der Waals surface area contributed by atoms with Gasteiger partial charge in [-0.25, -0.2) is 13.1 Å². The Kier molecular flexibility index (Phi) is 4.74. The molecule has 1 aliphatic rings. The number of nitrogens with one attached hydrogen (secondary N) is 3. The first-order chi connectivity index (χ1) is 9.47. The summed E-state index contributed by atoms with van der Waals surface area (Å²) in [5.41, 5.74) is 0.582. The van der Waals surface area contributed by atoms with E-state index in [2.05, 4.69) is 15.4 Å². The number of benzene rings is 1. The third kappa shape index (κ3) is 4.03. The van der Waals surface area contributed by atoms with Crippen molar-refractivity contribution >= 4 is 21.6 Å². The summed E-state index contributed by atoms with van der Waals surface area (Å²) in [4.78, 5) is 11.1. The van der Waals surface area contributed by atoms with E-state index in [-0.39, 0.29) is 16.8 Å². The van der Waals surface area contributed by atoms with Crippen LogP contribution >= 0.6 is 0 Å². The van der Waals surface area contributed by atoms with Gasteiger partial charge in [-0.1, -0.05) is 0 Å². The van der Waals surface area contributed by atoms with Gasteiger partial charge in [0.25, 0.3) is 0 Å². The summed E-state index contributed by atoms with van der Waals surface area (Å²) >= 11 is 0. The van der Waals surface area contributed by atoms with Crippen LogP contribution in [-0.2, 0) is 14.8 Å². The number of hydrogen-bond acceptors (Lipinski definition) is 4. The number of piperidine rings is 1. The Hall–Kier alpha value is -1.44. The van der Waals surface area contributed by atoms with Crippen molar-refractivity contribution < 1.29 is 13.2 Å². The first-order valence-electron chi connectivity index (χ1n) is 6.58. The normalized spacial score (nSPS) is 16.9. The Bertz CT molecular complexity index is 563. The van der Waals surface area contributed by atoms with E-state index in [0.29, 0.717) is 5.69 Å². The molecule has 3 N–H and O–H groups in total. The van der Waals surface area contributed by atoms with Gasteiger partial charge in [-0.3, -0.25) is 4.79 Å². The van der Waals surface area contributed by atoms with Crippen LogP contribution in [0.15, 0.2) is 29.2 Å². The molecule has 1 aromatic rings. The predicted octanol–water partition coefficient (Wildman–Crippen LogP) is 0.675. The lowest BCUT2D eigenvalue weighted by Crippen LogP contribution is -2.42. The molecule has 0 atom stereocenters. The summed E-state index contributed by atoms with van der Waals surface area (Å²) < 4.78 is 27.1. The maximum atomic E-state index is 12.2. The van der Waals surface area contributed by atoms with Crippen molar-refractivity contribution in [1.29, 1.82) is 0 Å². The van der Waals surface area contributed by atoms with E-state index >= 15 is 0 Å². The number of carbonyl (C=O) groups excluding carboxylic acids is 1. The molecule has 0 aliphatic carbocycles. The van der Waals surface area contributed by atoms with Crippen LogP contribution in [0.3, 0.4) is 0 Å². The Morgan fingerprint density at radius 2 is 1.80 bits per heavy atom. The summed E-state index contributed by atoms with van der Waals surface area (Å²) in [7, 11) is -3.50. The number of hydrogen-bond donors (Lipinski definition) is 3. The molecular weight excluding hydrogens is 278 g/mol. The van der Waals surface area contributed by atoms with Crippen LogP contribution in [0.4, 0.5) is 5.69 Å². The number of carbonyl (C=O) groups is 1. The second-order valence-corrected chi connectivity index (χ2v) is 6.57. The van der Waals surface area contributed by atoms with Gasteiger partial charge in [-0.05, 0) is 50.2 Å². The van der Waals surface area contributed by atoms with Gasteiger partial charge in [0.1, 0.15) is 0 Å². The maximum absolute atomic E-state index is 12.2. The van der Waals surface area contributed by atoms with Crippen LogP contribution in [0.1, 0.15) is 19.8 Å². The lowest BCUT2D eigenvalue weighted by molar-refractivity contribution is -0.114. The molecule has 6 nitrogen and oxygen atoms in total. The summed E-state index contributed by atoms with van der Waals surface area (Å²) in [6, 6.07) is 6.14. The van der Waals surface area contributed by atoms with Gasteiger partial charge in [0.05, 0.1) is 4.90 Å². The zero-order chi connectivity index (χ0) is 14.6. The molecule has 1 heterocycles. The largest absolute Gasteiger partial charge is 0.326 e. The molecule has 0 saturated carbocycles. The zero-order valence-electron chi connectivity index (χ0n) is 11.3. The molecule has 1 amide bonds. The van der Waals surface area contributed by atoms with Crippen molar-refractivity contribution in [3.8, 4) is 0 Å². The van der Waals surface area contributed by atoms with Crippen LogP contribution < -0.4 is 15.4 Å². The zero-order valence-corrected chi connectivity index (χ0v) is 12.2. The van der Waals surface area contributed by atoms with Gasteiger partial charge >= 0.3 is 0 Å². The van der Waals surface area contributed by atoms with E-state index in [9.17, 15) is 13.2 Å². The Morgan fingerprint density at radius 1 is 1.20 bits per heavy atom. The average Bonchev–Trinajstić information content (AvgIpc) is 2.39. The molecule has 0 aromatic heterocycles. The molecule has 20 heavy (non-hydrogen) atoms. The highest BCUT2D eigenvalue weighted by Gasteiger charge is 2.21. The maximum Gasteiger partial charge on any atom is 0.240 e. The van der Waals surface area contributed by atoms with E-state index in [0.717, 1.165) is 25.9 Å². The van der Waals surface area contributed by atoms with Crippen molar-refractivity contribution in [3.63, 3.8) is 0 Å². The van der Waals surface area contributed by atoms with Crippen molar-refractivity contribution in [3.05, 3.63) is 24.3 Å². The fourth-order valence-corrected chi connectivity index (χ4v) is 3.45. The summed E-state index contributed by atoms with van der Waals surface area (Å²) in [6.07, 6.45) is 1.59. The molecule has 0 bridgehead atoms. The molecular formula is C13H19N3O3S. The minimum Gasteiger partial charge on any atom is -0.326 e. The Morgan fingerprint density at radius 3 is 2.35 bits per heavy atom. The third-order valence-electron chi connectivity index (χ3n) is 3.15. The van der Waals surface area contributed by atoms with Crippen molar-refractivity contribution in [2.24, 2.45) is 0 Å².